The number of halogens is 1. The van der Waals surface area contributed by atoms with Crippen LogP contribution in [0, 0.1) is 5.92 Å². The van der Waals surface area contributed by atoms with Gasteiger partial charge in [-0.25, -0.2) is 10.0 Å². The Morgan fingerprint density at radius 2 is 1.36 bits per heavy atom. The number of rotatable bonds is 10. The Hall–Kier alpha value is -6.61. The van der Waals surface area contributed by atoms with E-state index in [1.54, 1.807) is 41.1 Å². The molecule has 1 spiro atoms. The van der Waals surface area contributed by atoms with Crippen molar-refractivity contribution >= 4 is 60.5 Å². The number of carbonyl (C=O) groups excluding carboxylic acids is 4. The molecule has 5 aliphatic heterocycles. The number of nitrogens with zero attached hydrogens (tertiary/aromatic N) is 6. The normalized spacial score (nSPS) is 23.9. The van der Waals surface area contributed by atoms with Crippen molar-refractivity contribution in [1.82, 2.24) is 4.90 Å². The van der Waals surface area contributed by atoms with E-state index in [1.165, 1.54) is 10.0 Å². The van der Waals surface area contributed by atoms with Gasteiger partial charge in [0.05, 0.1) is 60.2 Å². The van der Waals surface area contributed by atoms with Crippen LogP contribution in [0.5, 0.6) is 0 Å². The number of hydrazone groups is 2. The van der Waals surface area contributed by atoms with Crippen molar-refractivity contribution in [3.05, 3.63) is 161 Å². The number of fused-ring (bicyclic) bond motifs is 3. The number of ether oxygens (including phenoxy) is 1. The number of anilines is 3. The van der Waals surface area contributed by atoms with E-state index >= 15 is 8.90 Å². The molecule has 5 aliphatic rings. The van der Waals surface area contributed by atoms with E-state index in [-0.39, 0.29) is 50.1 Å². The molecule has 5 aromatic rings. The number of hydrogen-bond acceptors (Lipinski definition) is 8. The van der Waals surface area contributed by atoms with Crippen LogP contribution in [0.25, 0.3) is 0 Å². The molecule has 10 rings (SSSR count). The van der Waals surface area contributed by atoms with Crippen molar-refractivity contribution in [2.24, 2.45) is 16.1 Å². The summed E-state index contributed by atoms with van der Waals surface area (Å²) in [5, 5.41) is 22.9. The van der Waals surface area contributed by atoms with Crippen molar-refractivity contribution < 1.29 is 33.1 Å². The maximum Gasteiger partial charge on any atom is 0.264 e. The second-order valence-corrected chi connectivity index (χ2v) is 22.6. The average molecular weight is 917 g/mol. The van der Waals surface area contributed by atoms with Gasteiger partial charge in [0.2, 0.25) is 26.1 Å². The standard InChI is InChI=1S/C53H53FN6O6Si/c1-34-51(67(2,3)54)47(30-50(64)57-32-39-19-11-10-18-38(39)28-42(57)33-61)66-53(34)43-29-41(60-49(63)26-23-45(56-60)37-16-8-5-9-17-37)21-24-46(43)58(52(53)65)31-35-13-12-20-40(27-35)59-48(62)25-22-44(55-59)36-14-6-4-7-15-36/h4-21,24,27,29,34,42,47,51,61H,22-23,25-26,28,30-33H2,1-3H3/t34-,42+,47+,51-,53+/m1/s1. The van der Waals surface area contributed by atoms with Gasteiger partial charge in [0.1, 0.15) is 0 Å². The highest BCUT2D eigenvalue weighted by Gasteiger charge is 2.67. The number of aliphatic hydroxyl groups excluding tert-OH is 1. The Bertz CT molecular complexity index is 2840. The Labute approximate surface area is 390 Å². The summed E-state index contributed by atoms with van der Waals surface area (Å²) in [6.45, 7) is 5.17. The number of benzene rings is 5. The molecule has 0 bridgehead atoms. The summed E-state index contributed by atoms with van der Waals surface area (Å²) in [4.78, 5) is 60.5. The highest BCUT2D eigenvalue weighted by atomic mass is 28.4. The number of hydrogen-bond donors (Lipinski definition) is 1. The van der Waals surface area contributed by atoms with Crippen molar-refractivity contribution in [3.8, 4) is 0 Å². The van der Waals surface area contributed by atoms with Gasteiger partial charge in [-0.1, -0.05) is 104 Å². The Morgan fingerprint density at radius 1 is 0.761 bits per heavy atom. The van der Waals surface area contributed by atoms with E-state index in [4.69, 9.17) is 14.9 Å². The van der Waals surface area contributed by atoms with Crippen molar-refractivity contribution in [3.63, 3.8) is 0 Å². The average Bonchev–Trinajstić information content (AvgIpc) is 3.77. The van der Waals surface area contributed by atoms with Crippen LogP contribution in [-0.2, 0) is 49.0 Å². The van der Waals surface area contributed by atoms with Gasteiger partial charge in [0.25, 0.3) is 5.91 Å². The minimum absolute atomic E-state index is 0.0726. The lowest BCUT2D eigenvalue weighted by molar-refractivity contribution is -0.151. The van der Waals surface area contributed by atoms with Crippen molar-refractivity contribution in [1.29, 1.82) is 0 Å². The highest BCUT2D eigenvalue weighted by Crippen LogP contribution is 2.61. The highest BCUT2D eigenvalue weighted by molar-refractivity contribution is 6.72. The molecule has 5 aromatic carbocycles. The molecule has 0 saturated carbocycles. The summed E-state index contributed by atoms with van der Waals surface area (Å²) in [6.07, 6.45) is 0.817. The van der Waals surface area contributed by atoms with Gasteiger partial charge in [-0.3, -0.25) is 19.2 Å². The number of carbonyl (C=O) groups is 4. The largest absolute Gasteiger partial charge is 0.394 e. The Kier molecular flexibility index (Phi) is 11.6. The SMILES string of the molecule is C[C@@H]1[C@@H]([Si](C)(C)F)[C@H](CC(=O)N2Cc3ccccc3C[C@H]2CO)O[C@@]12C(=O)N(Cc1cccc(N3N=C(c4ccccc4)CCC3=O)c1)c1ccc(N3N=C(c4ccccc4)CCC3=O)cc12. The summed E-state index contributed by atoms with van der Waals surface area (Å²) < 4.78 is 24.2. The zero-order valence-electron chi connectivity index (χ0n) is 37.8. The molecule has 0 aromatic heterocycles. The van der Waals surface area contributed by atoms with Gasteiger partial charge in [0, 0.05) is 49.3 Å². The molecule has 1 saturated heterocycles. The summed E-state index contributed by atoms with van der Waals surface area (Å²) in [5.41, 5.74) is 5.61. The summed E-state index contributed by atoms with van der Waals surface area (Å²) in [6, 6.07) is 39.5. The fraction of sp³-hybridized carbons (Fsp3) is 0.321. The van der Waals surface area contributed by atoms with Gasteiger partial charge in [-0.15, -0.1) is 0 Å². The molecule has 5 heterocycles. The predicted molar refractivity (Wildman–Crippen MR) is 258 cm³/mol. The third kappa shape index (κ3) is 8.00. The van der Waals surface area contributed by atoms with Crippen LogP contribution in [0.4, 0.5) is 21.2 Å². The van der Waals surface area contributed by atoms with Crippen LogP contribution in [0.2, 0.25) is 18.6 Å². The maximum absolute atomic E-state index is 17.1. The zero-order valence-corrected chi connectivity index (χ0v) is 38.8. The van der Waals surface area contributed by atoms with E-state index in [9.17, 15) is 19.5 Å². The van der Waals surface area contributed by atoms with Crippen molar-refractivity contribution in [2.45, 2.75) is 94.9 Å². The summed E-state index contributed by atoms with van der Waals surface area (Å²) in [7, 11) is -3.71. The first-order valence-corrected chi connectivity index (χ1v) is 26.1. The van der Waals surface area contributed by atoms with Gasteiger partial charge in [-0.2, -0.15) is 10.2 Å². The second kappa shape index (κ2) is 17.6. The van der Waals surface area contributed by atoms with E-state index < -0.39 is 43.5 Å². The third-order valence-corrected chi connectivity index (χ3v) is 16.7. The Morgan fingerprint density at radius 3 is 1.97 bits per heavy atom. The molecule has 12 nitrogen and oxygen atoms in total. The van der Waals surface area contributed by atoms with Crippen LogP contribution in [-0.4, -0.2) is 72.2 Å². The van der Waals surface area contributed by atoms with E-state index in [1.807, 2.05) is 116 Å². The molecular formula is C53H53FN6O6Si. The maximum atomic E-state index is 17.1. The van der Waals surface area contributed by atoms with Crippen LogP contribution in [0.1, 0.15) is 72.4 Å². The lowest BCUT2D eigenvalue weighted by Gasteiger charge is -2.37. The number of aliphatic hydroxyl groups is 1. The summed E-state index contributed by atoms with van der Waals surface area (Å²) >= 11 is 0. The monoisotopic (exact) mass is 916 g/mol. The molecule has 5 atom stereocenters. The molecule has 0 radical (unpaired) electrons. The minimum Gasteiger partial charge on any atom is -0.394 e. The minimum atomic E-state index is -3.71. The third-order valence-electron chi connectivity index (χ3n) is 14.2. The fourth-order valence-corrected chi connectivity index (χ4v) is 13.5. The first-order chi connectivity index (χ1) is 32.3. The van der Waals surface area contributed by atoms with Gasteiger partial charge in [-0.05, 0) is 77.7 Å². The van der Waals surface area contributed by atoms with Gasteiger partial charge in [0.15, 0.2) is 5.60 Å². The summed E-state index contributed by atoms with van der Waals surface area (Å²) in [5.74, 6) is -1.78. The van der Waals surface area contributed by atoms with Crippen LogP contribution in [0.3, 0.4) is 0 Å². The first kappa shape index (κ1) is 44.2. The topological polar surface area (TPSA) is 135 Å². The molecule has 1 N–H and O–H groups in total. The lowest BCUT2D eigenvalue weighted by atomic mass is 9.82. The van der Waals surface area contributed by atoms with E-state index in [0.29, 0.717) is 54.0 Å². The van der Waals surface area contributed by atoms with E-state index in [2.05, 4.69) is 0 Å². The van der Waals surface area contributed by atoms with Gasteiger partial charge < -0.3 is 23.8 Å². The molecule has 0 unspecified atom stereocenters. The smallest absolute Gasteiger partial charge is 0.264 e. The van der Waals surface area contributed by atoms with Crippen LogP contribution < -0.4 is 14.9 Å². The number of amides is 4. The fourth-order valence-electron chi connectivity index (χ4n) is 11.0. The van der Waals surface area contributed by atoms with Crippen LogP contribution in [0.15, 0.2) is 138 Å². The quantitative estimate of drug-likeness (QED) is 0.111. The molecule has 342 valence electrons. The lowest BCUT2D eigenvalue weighted by Crippen LogP contribution is -2.48. The molecular weight excluding hydrogens is 864 g/mol. The van der Waals surface area contributed by atoms with Gasteiger partial charge >= 0.3 is 0 Å². The molecule has 4 amide bonds. The first-order valence-electron chi connectivity index (χ1n) is 23.1. The zero-order chi connectivity index (χ0) is 46.6. The molecule has 14 heteroatoms. The van der Waals surface area contributed by atoms with Crippen molar-refractivity contribution in [2.75, 3.05) is 21.5 Å². The molecule has 67 heavy (non-hydrogen) atoms. The molecule has 1 fully saturated rings. The predicted octanol–water partition coefficient (Wildman–Crippen LogP) is 8.41. The Balaban J connectivity index is 1.04. The van der Waals surface area contributed by atoms with Crippen LogP contribution >= 0.6 is 0 Å². The van der Waals surface area contributed by atoms with E-state index in [0.717, 1.165) is 33.7 Å². The molecule has 0 aliphatic carbocycles. The second-order valence-electron chi connectivity index (χ2n) is 18.8.